The van der Waals surface area contributed by atoms with Crippen LogP contribution in [0.3, 0.4) is 0 Å². The number of aliphatic hydroxyl groups is 3. The highest BCUT2D eigenvalue weighted by Gasteiger charge is 2.49. The molecule has 9 heteroatoms. The minimum absolute atomic E-state index is 0.0353. The van der Waals surface area contributed by atoms with Crippen molar-refractivity contribution in [2.24, 2.45) is 0 Å². The van der Waals surface area contributed by atoms with E-state index in [0.717, 1.165) is 11.3 Å². The molecule has 9 nitrogen and oxygen atoms in total. The first-order valence-corrected chi connectivity index (χ1v) is 7.76. The van der Waals surface area contributed by atoms with E-state index in [9.17, 15) is 20.1 Å². The first kappa shape index (κ1) is 18.1. The number of rotatable bonds is 6. The highest BCUT2D eigenvalue weighted by atomic mass is 16.7. The molecule has 0 spiro atoms. The highest BCUT2D eigenvalue weighted by molar-refractivity contribution is 5.73. The molecule has 2 saturated heterocycles. The van der Waals surface area contributed by atoms with Gasteiger partial charge in [0.25, 0.3) is 0 Å². The van der Waals surface area contributed by atoms with Crippen LogP contribution in [0.1, 0.15) is 11.7 Å². The Hall–Kier alpha value is -1.75. The molecule has 0 radical (unpaired) electrons. The van der Waals surface area contributed by atoms with Gasteiger partial charge in [0.15, 0.2) is 12.4 Å². The van der Waals surface area contributed by atoms with E-state index in [1.54, 1.807) is 19.2 Å². The number of benzene rings is 1. The van der Waals surface area contributed by atoms with Gasteiger partial charge in [-0.15, -0.1) is 0 Å². The number of hydrogen-bond donors (Lipinski definition) is 4. The van der Waals surface area contributed by atoms with E-state index in [1.165, 1.54) is 0 Å². The van der Waals surface area contributed by atoms with Gasteiger partial charge in [0.2, 0.25) is 0 Å². The molecule has 3 rings (SSSR count). The second kappa shape index (κ2) is 7.24. The van der Waals surface area contributed by atoms with Gasteiger partial charge < -0.3 is 39.4 Å². The average Bonchev–Trinajstić information content (AvgIpc) is 3.38. The molecule has 2 aliphatic rings. The molecular formula is C16H20O9. The monoisotopic (exact) mass is 356 g/mol. The number of carbonyl (C=O) groups is 1. The number of aliphatic carboxylic acids is 1. The van der Waals surface area contributed by atoms with E-state index >= 15 is 0 Å². The number of hydrogen-bond acceptors (Lipinski definition) is 8. The zero-order valence-corrected chi connectivity index (χ0v) is 13.4. The average molecular weight is 356 g/mol. The van der Waals surface area contributed by atoms with Crippen molar-refractivity contribution >= 4 is 5.97 Å². The maximum atomic E-state index is 11.0. The second-order valence-electron chi connectivity index (χ2n) is 5.94. The van der Waals surface area contributed by atoms with Crippen molar-refractivity contribution < 1.29 is 44.2 Å². The summed E-state index contributed by atoms with van der Waals surface area (Å²) >= 11 is 0. The predicted molar refractivity (Wildman–Crippen MR) is 80.9 cm³/mol. The first-order chi connectivity index (χ1) is 11.9. The molecule has 7 atom stereocenters. The van der Waals surface area contributed by atoms with Gasteiger partial charge in [-0.2, -0.15) is 0 Å². The summed E-state index contributed by atoms with van der Waals surface area (Å²) in [5.41, 5.74) is 0.929. The molecule has 0 aliphatic carbocycles. The molecule has 1 aromatic rings. The van der Waals surface area contributed by atoms with Gasteiger partial charge in [0.1, 0.15) is 36.3 Å². The molecule has 4 N–H and O–H groups in total. The molecular weight excluding hydrogens is 336 g/mol. The normalized spacial score (nSPS) is 37.5. The van der Waals surface area contributed by atoms with Gasteiger partial charge in [0, 0.05) is 0 Å². The summed E-state index contributed by atoms with van der Waals surface area (Å²) in [5.74, 6) is -0.728. The van der Waals surface area contributed by atoms with Crippen LogP contribution >= 0.6 is 0 Å². The van der Waals surface area contributed by atoms with Crippen LogP contribution in [-0.4, -0.2) is 76.9 Å². The van der Waals surface area contributed by atoms with E-state index in [-0.39, 0.29) is 18.8 Å². The Morgan fingerprint density at radius 3 is 2.36 bits per heavy atom. The molecule has 0 bridgehead atoms. The smallest absolute Gasteiger partial charge is 0.335 e. The van der Waals surface area contributed by atoms with E-state index in [2.05, 4.69) is 0 Å². The van der Waals surface area contributed by atoms with Gasteiger partial charge in [-0.25, -0.2) is 4.79 Å². The standard InChI is InChI=1S/C16H20O9/c1-22-8-4-2-7(3-5-8)13-9(24-13)6-23-16-12(19)10(17)11(18)14(25-16)15(20)21/h2-5,9-14,16-19H,6H2,1H3,(H,20,21). The summed E-state index contributed by atoms with van der Waals surface area (Å²) in [6.07, 6.45) is -8.51. The third kappa shape index (κ3) is 3.76. The lowest BCUT2D eigenvalue weighted by Gasteiger charge is -2.38. The van der Waals surface area contributed by atoms with Crippen molar-refractivity contribution in [3.05, 3.63) is 29.8 Å². The predicted octanol–water partition coefficient (Wildman–Crippen LogP) is -0.956. The van der Waals surface area contributed by atoms with Crippen LogP contribution in [0.5, 0.6) is 5.75 Å². The van der Waals surface area contributed by atoms with Crippen LogP contribution in [0.4, 0.5) is 0 Å². The lowest BCUT2D eigenvalue weighted by Crippen LogP contribution is -2.60. The number of epoxide rings is 1. The zero-order chi connectivity index (χ0) is 18.1. The van der Waals surface area contributed by atoms with Gasteiger partial charge in [-0.05, 0) is 17.7 Å². The SMILES string of the molecule is COc1ccc(C2OC2COC2OC(C(=O)O)C(O)C(O)C2O)cc1. The van der Waals surface area contributed by atoms with Gasteiger partial charge in [-0.3, -0.25) is 0 Å². The fourth-order valence-electron chi connectivity index (χ4n) is 2.74. The summed E-state index contributed by atoms with van der Waals surface area (Å²) in [5, 5.41) is 38.2. The zero-order valence-electron chi connectivity index (χ0n) is 13.4. The number of aliphatic hydroxyl groups excluding tert-OH is 3. The topological polar surface area (TPSA) is 138 Å². The molecule has 0 aromatic heterocycles. The third-order valence-corrected chi connectivity index (χ3v) is 4.26. The van der Waals surface area contributed by atoms with Gasteiger partial charge in [0.05, 0.1) is 13.7 Å². The van der Waals surface area contributed by atoms with E-state index in [0.29, 0.717) is 0 Å². The van der Waals surface area contributed by atoms with Crippen molar-refractivity contribution in [2.75, 3.05) is 13.7 Å². The molecule has 7 unspecified atom stereocenters. The number of carboxylic acids is 1. The van der Waals surface area contributed by atoms with Crippen molar-refractivity contribution in [1.29, 1.82) is 0 Å². The minimum atomic E-state index is -1.74. The second-order valence-corrected chi connectivity index (χ2v) is 5.94. The first-order valence-electron chi connectivity index (χ1n) is 7.76. The van der Waals surface area contributed by atoms with Crippen molar-refractivity contribution in [3.63, 3.8) is 0 Å². The molecule has 2 fully saturated rings. The Morgan fingerprint density at radius 1 is 1.08 bits per heavy atom. The van der Waals surface area contributed by atoms with Crippen molar-refractivity contribution in [3.8, 4) is 5.75 Å². The van der Waals surface area contributed by atoms with Crippen LogP contribution in [0.15, 0.2) is 24.3 Å². The lowest BCUT2D eigenvalue weighted by molar-refractivity contribution is -0.294. The Balaban J connectivity index is 1.54. The maximum absolute atomic E-state index is 11.0. The molecule has 1 aromatic carbocycles. The maximum Gasteiger partial charge on any atom is 0.335 e. The summed E-state index contributed by atoms with van der Waals surface area (Å²) < 4.78 is 21.0. The number of carboxylic acid groups (broad SMARTS) is 1. The van der Waals surface area contributed by atoms with Crippen molar-refractivity contribution in [2.45, 2.75) is 42.9 Å². The Labute approximate surface area is 143 Å². The van der Waals surface area contributed by atoms with Crippen LogP contribution < -0.4 is 4.74 Å². The van der Waals surface area contributed by atoms with Gasteiger partial charge in [-0.1, -0.05) is 12.1 Å². The molecule has 25 heavy (non-hydrogen) atoms. The Kier molecular flexibility index (Phi) is 5.23. The van der Waals surface area contributed by atoms with Crippen molar-refractivity contribution in [1.82, 2.24) is 0 Å². The molecule has 0 amide bonds. The molecule has 2 heterocycles. The minimum Gasteiger partial charge on any atom is -0.497 e. The fourth-order valence-corrected chi connectivity index (χ4v) is 2.74. The Bertz CT molecular complexity index is 604. The highest BCUT2D eigenvalue weighted by Crippen LogP contribution is 2.39. The van der Waals surface area contributed by atoms with Gasteiger partial charge >= 0.3 is 5.97 Å². The molecule has 2 aliphatic heterocycles. The van der Waals surface area contributed by atoms with E-state index < -0.39 is 36.7 Å². The van der Waals surface area contributed by atoms with E-state index in [4.69, 9.17) is 24.1 Å². The summed E-state index contributed by atoms with van der Waals surface area (Å²) in [7, 11) is 1.57. The quantitative estimate of drug-likeness (QED) is 0.475. The summed E-state index contributed by atoms with van der Waals surface area (Å²) in [6, 6.07) is 7.32. The number of methoxy groups -OCH3 is 1. The van der Waals surface area contributed by atoms with Crippen LogP contribution in [0.25, 0.3) is 0 Å². The molecule has 138 valence electrons. The third-order valence-electron chi connectivity index (χ3n) is 4.26. The lowest BCUT2D eigenvalue weighted by atomic mass is 9.99. The van der Waals surface area contributed by atoms with Crippen LogP contribution in [0.2, 0.25) is 0 Å². The summed E-state index contributed by atoms with van der Waals surface area (Å²) in [4.78, 5) is 11.0. The fraction of sp³-hybridized carbons (Fsp3) is 0.562. The summed E-state index contributed by atoms with van der Waals surface area (Å²) in [6.45, 7) is 0.0353. The molecule has 0 saturated carbocycles. The Morgan fingerprint density at radius 2 is 1.76 bits per heavy atom. The van der Waals surface area contributed by atoms with E-state index in [1.807, 2.05) is 12.1 Å². The van der Waals surface area contributed by atoms with Crippen LogP contribution in [-0.2, 0) is 19.0 Å². The van der Waals surface area contributed by atoms with Crippen LogP contribution in [0, 0.1) is 0 Å². The number of ether oxygens (including phenoxy) is 4. The largest absolute Gasteiger partial charge is 0.497 e.